The van der Waals surface area contributed by atoms with Crippen molar-refractivity contribution in [3.63, 3.8) is 0 Å². The van der Waals surface area contributed by atoms with E-state index in [-0.39, 0.29) is 18.4 Å². The van der Waals surface area contributed by atoms with E-state index < -0.39 is 0 Å². The third-order valence-corrected chi connectivity index (χ3v) is 6.35. The molecule has 0 saturated carbocycles. The maximum atomic E-state index is 12.5. The zero-order valence-corrected chi connectivity index (χ0v) is 20.6. The van der Waals surface area contributed by atoms with E-state index in [1.54, 1.807) is 42.5 Å². The number of anilines is 1. The first kappa shape index (κ1) is 24.8. The van der Waals surface area contributed by atoms with E-state index in [0.717, 1.165) is 11.1 Å². The Balaban J connectivity index is 1.70. The van der Waals surface area contributed by atoms with Crippen LogP contribution in [0.1, 0.15) is 18.1 Å². The molecule has 1 aliphatic rings. The highest BCUT2D eigenvalue weighted by Gasteiger charge is 2.31. The number of halogens is 1. The van der Waals surface area contributed by atoms with Crippen LogP contribution in [0, 0.1) is 6.92 Å². The van der Waals surface area contributed by atoms with Gasteiger partial charge in [-0.3, -0.25) is 14.5 Å². The van der Waals surface area contributed by atoms with Crippen LogP contribution in [-0.2, 0) is 9.59 Å². The minimum absolute atomic E-state index is 0.156. The van der Waals surface area contributed by atoms with Gasteiger partial charge in [-0.05, 0) is 55.3 Å². The van der Waals surface area contributed by atoms with Crippen LogP contribution in [0.25, 0.3) is 6.08 Å². The standard InChI is InChI=1S/C24H23ClN2O4S2/c1-4-10-27-23(29)21(33-24(27)32)12-16-7-9-19(20(11-16)30-5-2)31-14-22(28)26-17-8-6-15(3)18(25)13-17/h4,6-9,11-13H,1,5,10,14H2,2-3H3,(H,26,28)/b21-12-. The molecule has 33 heavy (non-hydrogen) atoms. The summed E-state index contributed by atoms with van der Waals surface area (Å²) < 4.78 is 11.9. The zero-order chi connectivity index (χ0) is 24.0. The SMILES string of the molecule is C=CCN1C(=O)/C(=C/c2ccc(OCC(=O)Nc3ccc(C)c(Cl)c3)c(OCC)c2)SC1=S. The summed E-state index contributed by atoms with van der Waals surface area (Å²) in [6.45, 7) is 7.98. The van der Waals surface area contributed by atoms with Crippen LogP contribution in [0.2, 0.25) is 5.02 Å². The molecule has 3 rings (SSSR count). The maximum absolute atomic E-state index is 12.5. The van der Waals surface area contributed by atoms with Crippen molar-refractivity contribution in [2.75, 3.05) is 25.1 Å². The number of benzene rings is 2. The molecule has 1 heterocycles. The number of rotatable bonds is 9. The van der Waals surface area contributed by atoms with Crippen molar-refractivity contribution in [2.24, 2.45) is 0 Å². The molecule has 0 aromatic heterocycles. The summed E-state index contributed by atoms with van der Waals surface area (Å²) in [5.41, 5.74) is 2.27. The predicted octanol–water partition coefficient (Wildman–Crippen LogP) is 5.45. The van der Waals surface area contributed by atoms with Gasteiger partial charge in [-0.15, -0.1) is 6.58 Å². The topological polar surface area (TPSA) is 67.9 Å². The second-order valence-corrected chi connectivity index (χ2v) is 9.10. The van der Waals surface area contributed by atoms with E-state index in [1.165, 1.54) is 16.7 Å². The highest BCUT2D eigenvalue weighted by Crippen LogP contribution is 2.35. The molecule has 2 aromatic carbocycles. The first-order chi connectivity index (χ1) is 15.8. The summed E-state index contributed by atoms with van der Waals surface area (Å²) in [5.74, 6) is 0.410. The highest BCUT2D eigenvalue weighted by molar-refractivity contribution is 8.26. The molecule has 1 saturated heterocycles. The van der Waals surface area contributed by atoms with Gasteiger partial charge >= 0.3 is 0 Å². The molecule has 0 spiro atoms. The Morgan fingerprint density at radius 3 is 2.73 bits per heavy atom. The molecule has 172 valence electrons. The van der Waals surface area contributed by atoms with Crippen molar-refractivity contribution in [1.82, 2.24) is 4.90 Å². The molecule has 1 fully saturated rings. The average Bonchev–Trinajstić information content (AvgIpc) is 3.03. The zero-order valence-electron chi connectivity index (χ0n) is 18.2. The minimum Gasteiger partial charge on any atom is -0.490 e. The maximum Gasteiger partial charge on any atom is 0.266 e. The van der Waals surface area contributed by atoms with Crippen molar-refractivity contribution in [3.8, 4) is 11.5 Å². The fraction of sp³-hybridized carbons (Fsp3) is 0.208. The number of amides is 2. The number of thiocarbonyl (C=S) groups is 1. The fourth-order valence-electron chi connectivity index (χ4n) is 2.95. The lowest BCUT2D eigenvalue weighted by Crippen LogP contribution is -2.27. The van der Waals surface area contributed by atoms with Gasteiger partial charge in [0.25, 0.3) is 11.8 Å². The van der Waals surface area contributed by atoms with Crippen LogP contribution in [0.4, 0.5) is 5.69 Å². The molecular formula is C24H23ClN2O4S2. The molecule has 1 N–H and O–H groups in total. The van der Waals surface area contributed by atoms with Gasteiger partial charge in [0.05, 0.1) is 11.5 Å². The molecule has 9 heteroatoms. The average molecular weight is 503 g/mol. The number of hydrogen-bond donors (Lipinski definition) is 1. The van der Waals surface area contributed by atoms with Crippen molar-refractivity contribution < 1.29 is 19.1 Å². The Hall–Kier alpha value is -2.81. The van der Waals surface area contributed by atoms with E-state index in [2.05, 4.69) is 11.9 Å². The smallest absolute Gasteiger partial charge is 0.266 e. The summed E-state index contributed by atoms with van der Waals surface area (Å²) in [7, 11) is 0. The lowest BCUT2D eigenvalue weighted by atomic mass is 10.2. The van der Waals surface area contributed by atoms with Gasteiger partial charge in [-0.1, -0.05) is 53.8 Å². The Morgan fingerprint density at radius 2 is 2.03 bits per heavy atom. The number of carbonyl (C=O) groups excluding carboxylic acids is 2. The first-order valence-electron chi connectivity index (χ1n) is 10.1. The molecule has 0 bridgehead atoms. The Kier molecular flexibility index (Phi) is 8.55. The molecule has 0 aliphatic carbocycles. The monoisotopic (exact) mass is 502 g/mol. The van der Waals surface area contributed by atoms with Crippen molar-refractivity contribution in [1.29, 1.82) is 0 Å². The minimum atomic E-state index is -0.327. The van der Waals surface area contributed by atoms with E-state index in [9.17, 15) is 9.59 Å². The van der Waals surface area contributed by atoms with Crippen LogP contribution in [0.3, 0.4) is 0 Å². The van der Waals surface area contributed by atoms with Crippen molar-refractivity contribution >= 4 is 63.5 Å². The van der Waals surface area contributed by atoms with Crippen LogP contribution < -0.4 is 14.8 Å². The van der Waals surface area contributed by atoms with Crippen LogP contribution in [0.15, 0.2) is 54.0 Å². The Bertz CT molecular complexity index is 1130. The summed E-state index contributed by atoms with van der Waals surface area (Å²) >= 11 is 12.6. The first-order valence-corrected chi connectivity index (χ1v) is 11.7. The van der Waals surface area contributed by atoms with Crippen LogP contribution in [-0.4, -0.2) is 40.8 Å². The quantitative estimate of drug-likeness (QED) is 0.279. The molecule has 1 aliphatic heterocycles. The fourth-order valence-corrected chi connectivity index (χ4v) is 4.41. The van der Waals surface area contributed by atoms with Gasteiger partial charge in [0, 0.05) is 17.3 Å². The molecule has 0 atom stereocenters. The predicted molar refractivity (Wildman–Crippen MR) is 138 cm³/mol. The number of nitrogens with zero attached hydrogens (tertiary/aromatic N) is 1. The highest BCUT2D eigenvalue weighted by atomic mass is 35.5. The van der Waals surface area contributed by atoms with Gasteiger partial charge in [-0.25, -0.2) is 0 Å². The number of aryl methyl sites for hydroxylation is 1. The number of nitrogens with one attached hydrogen (secondary N) is 1. The van der Waals surface area contributed by atoms with E-state index in [0.29, 0.717) is 44.6 Å². The van der Waals surface area contributed by atoms with Gasteiger partial charge in [0.15, 0.2) is 18.1 Å². The summed E-state index contributed by atoms with van der Waals surface area (Å²) in [5, 5.41) is 3.33. The van der Waals surface area contributed by atoms with Crippen molar-refractivity contribution in [3.05, 3.63) is 70.1 Å². The second kappa shape index (κ2) is 11.4. The lowest BCUT2D eigenvalue weighted by Gasteiger charge is -2.13. The normalized spacial score (nSPS) is 14.5. The molecule has 2 aromatic rings. The van der Waals surface area contributed by atoms with Crippen molar-refractivity contribution in [2.45, 2.75) is 13.8 Å². The van der Waals surface area contributed by atoms with Crippen LogP contribution >= 0.6 is 35.6 Å². The van der Waals surface area contributed by atoms with Gasteiger partial charge in [0.2, 0.25) is 0 Å². The molecular weight excluding hydrogens is 480 g/mol. The summed E-state index contributed by atoms with van der Waals surface area (Å²) in [6, 6.07) is 10.5. The number of carbonyl (C=O) groups is 2. The van der Waals surface area contributed by atoms with Gasteiger partial charge in [-0.2, -0.15) is 0 Å². The third kappa shape index (κ3) is 6.37. The number of ether oxygens (including phenoxy) is 2. The molecule has 0 radical (unpaired) electrons. The van der Waals surface area contributed by atoms with Crippen LogP contribution in [0.5, 0.6) is 11.5 Å². The Morgan fingerprint density at radius 1 is 1.24 bits per heavy atom. The van der Waals surface area contributed by atoms with Gasteiger partial charge in [0.1, 0.15) is 4.32 Å². The summed E-state index contributed by atoms with van der Waals surface area (Å²) in [6.07, 6.45) is 3.39. The molecule has 0 unspecified atom stereocenters. The number of thioether (sulfide) groups is 1. The van der Waals surface area contributed by atoms with E-state index in [1.807, 2.05) is 19.9 Å². The third-order valence-electron chi connectivity index (χ3n) is 4.56. The molecule has 6 nitrogen and oxygen atoms in total. The Labute approximate surface area is 207 Å². The van der Waals surface area contributed by atoms with E-state index >= 15 is 0 Å². The molecule has 2 amide bonds. The van der Waals surface area contributed by atoms with E-state index in [4.69, 9.17) is 33.3 Å². The lowest BCUT2D eigenvalue weighted by molar-refractivity contribution is -0.121. The number of hydrogen-bond acceptors (Lipinski definition) is 6. The largest absolute Gasteiger partial charge is 0.490 e. The second-order valence-electron chi connectivity index (χ2n) is 7.02. The summed E-state index contributed by atoms with van der Waals surface area (Å²) in [4.78, 5) is 26.9. The van der Waals surface area contributed by atoms with Gasteiger partial charge < -0.3 is 14.8 Å².